The van der Waals surface area contributed by atoms with Crippen molar-refractivity contribution in [2.45, 2.75) is 26.4 Å². The fraction of sp³-hybridized carbons (Fsp3) is 0.438. The number of hydrogen-bond acceptors (Lipinski definition) is 4. The van der Waals surface area contributed by atoms with Gasteiger partial charge in [0, 0.05) is 12.5 Å². The first-order valence-electron chi connectivity index (χ1n) is 7.08. The van der Waals surface area contributed by atoms with Crippen LogP contribution in [0.4, 0.5) is 0 Å². The van der Waals surface area contributed by atoms with Gasteiger partial charge in [-0.15, -0.1) is 0 Å². The van der Waals surface area contributed by atoms with Crippen LogP contribution >= 0.6 is 0 Å². The molecular formula is C16H20N2O2. The van der Waals surface area contributed by atoms with Gasteiger partial charge in [-0.1, -0.05) is 18.2 Å². The predicted octanol–water partition coefficient (Wildman–Crippen LogP) is 3.02. The summed E-state index contributed by atoms with van der Waals surface area (Å²) in [5.41, 5.74) is 2.29. The van der Waals surface area contributed by atoms with Crippen molar-refractivity contribution < 1.29 is 9.15 Å². The Morgan fingerprint density at radius 3 is 2.75 bits per heavy atom. The molecule has 4 heteroatoms. The van der Waals surface area contributed by atoms with E-state index >= 15 is 0 Å². The number of para-hydroxylation sites is 1. The number of hydrogen-bond donors (Lipinski definition) is 1. The van der Waals surface area contributed by atoms with E-state index < -0.39 is 0 Å². The molecule has 1 saturated heterocycles. The Kier molecular flexibility index (Phi) is 3.74. The summed E-state index contributed by atoms with van der Waals surface area (Å²) < 4.78 is 11.8. The summed E-state index contributed by atoms with van der Waals surface area (Å²) in [6.45, 7) is 6.11. The van der Waals surface area contributed by atoms with Crippen molar-refractivity contribution in [2.24, 2.45) is 5.92 Å². The highest BCUT2D eigenvalue weighted by Crippen LogP contribution is 2.34. The van der Waals surface area contributed by atoms with E-state index in [-0.39, 0.29) is 6.10 Å². The molecule has 0 amide bonds. The quantitative estimate of drug-likeness (QED) is 0.929. The maximum atomic E-state index is 6.31. The topological polar surface area (TPSA) is 47.3 Å². The van der Waals surface area contributed by atoms with Gasteiger partial charge in [0.15, 0.2) is 6.10 Å². The van der Waals surface area contributed by atoms with E-state index in [2.05, 4.69) is 42.3 Å². The lowest BCUT2D eigenvalue weighted by Gasteiger charge is -2.23. The normalized spacial score (nSPS) is 20.0. The lowest BCUT2D eigenvalue weighted by molar-refractivity contribution is 0.112. The largest absolute Gasteiger partial charge is 0.480 e. The fourth-order valence-corrected chi connectivity index (χ4v) is 2.77. The lowest BCUT2D eigenvalue weighted by Crippen LogP contribution is -2.22. The highest BCUT2D eigenvalue weighted by atomic mass is 16.5. The zero-order valence-electron chi connectivity index (χ0n) is 11.9. The second kappa shape index (κ2) is 5.67. The number of ether oxygens (including phenoxy) is 1. The molecule has 1 unspecified atom stereocenters. The smallest absolute Gasteiger partial charge is 0.235 e. The minimum Gasteiger partial charge on any atom is -0.480 e. The molecule has 1 fully saturated rings. The number of nitrogens with one attached hydrogen (secondary N) is 1. The number of benzene rings is 1. The first kappa shape index (κ1) is 13.2. The van der Waals surface area contributed by atoms with Gasteiger partial charge >= 0.3 is 0 Å². The van der Waals surface area contributed by atoms with Crippen LogP contribution in [0.2, 0.25) is 0 Å². The van der Waals surface area contributed by atoms with Crippen molar-refractivity contribution >= 4 is 0 Å². The fourth-order valence-electron chi connectivity index (χ4n) is 2.77. The Balaban J connectivity index is 1.90. The maximum absolute atomic E-state index is 6.31. The number of aromatic nitrogens is 1. The van der Waals surface area contributed by atoms with Gasteiger partial charge in [-0.3, -0.25) is 0 Å². The van der Waals surface area contributed by atoms with Gasteiger partial charge in [0.2, 0.25) is 5.89 Å². The summed E-state index contributed by atoms with van der Waals surface area (Å²) in [5.74, 6) is 2.01. The summed E-state index contributed by atoms with van der Waals surface area (Å²) in [5, 5.41) is 3.38. The molecular weight excluding hydrogens is 252 g/mol. The molecule has 1 N–H and O–H groups in total. The molecule has 0 spiro atoms. The van der Waals surface area contributed by atoms with Gasteiger partial charge in [-0.25, -0.2) is 4.98 Å². The molecule has 1 aromatic carbocycles. The Hall–Kier alpha value is -1.81. The molecule has 0 bridgehead atoms. The molecule has 0 saturated carbocycles. The first-order valence-corrected chi connectivity index (χ1v) is 7.08. The minimum absolute atomic E-state index is 0.125. The van der Waals surface area contributed by atoms with Crippen LogP contribution in [-0.2, 0) is 0 Å². The predicted molar refractivity (Wildman–Crippen MR) is 76.8 cm³/mol. The lowest BCUT2D eigenvalue weighted by atomic mass is 10.0. The van der Waals surface area contributed by atoms with Gasteiger partial charge in [-0.2, -0.15) is 0 Å². The van der Waals surface area contributed by atoms with Gasteiger partial charge < -0.3 is 14.5 Å². The molecule has 1 aliphatic rings. The molecule has 2 aromatic rings. The molecule has 20 heavy (non-hydrogen) atoms. The van der Waals surface area contributed by atoms with E-state index in [1.807, 2.05) is 0 Å². The van der Waals surface area contributed by atoms with Crippen molar-refractivity contribution in [3.05, 3.63) is 47.7 Å². The summed E-state index contributed by atoms with van der Waals surface area (Å²) >= 11 is 0. The third-order valence-corrected chi connectivity index (χ3v) is 3.87. The Morgan fingerprint density at radius 1 is 1.35 bits per heavy atom. The van der Waals surface area contributed by atoms with Crippen molar-refractivity contribution in [3.63, 3.8) is 0 Å². The molecule has 106 valence electrons. The summed E-state index contributed by atoms with van der Waals surface area (Å²) in [7, 11) is 0. The zero-order valence-corrected chi connectivity index (χ0v) is 11.9. The number of oxazole rings is 1. The second-order valence-corrected chi connectivity index (χ2v) is 5.38. The second-order valence-electron chi connectivity index (χ2n) is 5.38. The van der Waals surface area contributed by atoms with Crippen molar-refractivity contribution in [1.82, 2.24) is 10.3 Å². The van der Waals surface area contributed by atoms with Crippen LogP contribution in [0.5, 0.6) is 5.75 Å². The Labute approximate surface area is 119 Å². The highest BCUT2D eigenvalue weighted by Gasteiger charge is 2.31. The SMILES string of the molecule is Cc1cccc(C)c1O[C@H](c1ncco1)C1CCNC1. The van der Waals surface area contributed by atoms with Gasteiger partial charge in [0.05, 0.1) is 6.20 Å². The number of nitrogens with zero attached hydrogens (tertiary/aromatic N) is 1. The average molecular weight is 272 g/mol. The van der Waals surface area contributed by atoms with E-state index in [1.54, 1.807) is 12.5 Å². The molecule has 0 radical (unpaired) electrons. The summed E-state index contributed by atoms with van der Waals surface area (Å²) in [6.07, 6.45) is 4.25. The Morgan fingerprint density at radius 2 is 2.15 bits per heavy atom. The molecule has 3 rings (SSSR count). The van der Waals surface area contributed by atoms with Crippen LogP contribution < -0.4 is 10.1 Å². The minimum atomic E-state index is -0.125. The van der Waals surface area contributed by atoms with Crippen LogP contribution in [-0.4, -0.2) is 18.1 Å². The number of rotatable bonds is 4. The molecule has 2 heterocycles. The molecule has 1 aliphatic heterocycles. The van der Waals surface area contributed by atoms with Gasteiger partial charge in [0.25, 0.3) is 0 Å². The molecule has 4 nitrogen and oxygen atoms in total. The van der Waals surface area contributed by atoms with Crippen molar-refractivity contribution in [1.29, 1.82) is 0 Å². The third-order valence-electron chi connectivity index (χ3n) is 3.87. The molecule has 0 aliphatic carbocycles. The van der Waals surface area contributed by atoms with Crippen LogP contribution in [0.3, 0.4) is 0 Å². The van der Waals surface area contributed by atoms with E-state index in [4.69, 9.17) is 9.15 Å². The Bertz CT molecular complexity index is 540. The van der Waals surface area contributed by atoms with E-state index in [9.17, 15) is 0 Å². The summed E-state index contributed by atoms with van der Waals surface area (Å²) in [6, 6.07) is 6.19. The zero-order chi connectivity index (χ0) is 13.9. The van der Waals surface area contributed by atoms with Crippen LogP contribution in [0.15, 0.2) is 35.1 Å². The molecule has 1 aromatic heterocycles. The monoisotopic (exact) mass is 272 g/mol. The van der Waals surface area contributed by atoms with Crippen LogP contribution in [0, 0.1) is 19.8 Å². The molecule has 2 atom stereocenters. The number of aryl methyl sites for hydroxylation is 2. The van der Waals surface area contributed by atoms with Gasteiger partial charge in [-0.05, 0) is 37.9 Å². The standard InChI is InChI=1S/C16H20N2O2/c1-11-4-3-5-12(2)14(11)20-15(13-6-7-17-10-13)16-18-8-9-19-16/h3-5,8-9,13,15,17H,6-7,10H2,1-2H3/t13?,15-/m0/s1. The van der Waals surface area contributed by atoms with Crippen LogP contribution in [0.1, 0.15) is 29.5 Å². The van der Waals surface area contributed by atoms with Crippen molar-refractivity contribution in [2.75, 3.05) is 13.1 Å². The van der Waals surface area contributed by atoms with Crippen LogP contribution in [0.25, 0.3) is 0 Å². The van der Waals surface area contributed by atoms with Gasteiger partial charge in [0.1, 0.15) is 12.0 Å². The maximum Gasteiger partial charge on any atom is 0.235 e. The highest BCUT2D eigenvalue weighted by molar-refractivity contribution is 5.40. The first-order chi connectivity index (χ1) is 9.75. The van der Waals surface area contributed by atoms with Crippen molar-refractivity contribution in [3.8, 4) is 5.75 Å². The van der Waals surface area contributed by atoms with E-state index in [1.165, 1.54) is 0 Å². The van der Waals surface area contributed by atoms with E-state index in [0.29, 0.717) is 11.8 Å². The third kappa shape index (κ3) is 2.56. The summed E-state index contributed by atoms with van der Waals surface area (Å²) in [4.78, 5) is 4.30. The average Bonchev–Trinajstić information content (AvgIpc) is 3.12. The van der Waals surface area contributed by atoms with E-state index in [0.717, 1.165) is 36.4 Å².